The van der Waals surface area contributed by atoms with Crippen molar-refractivity contribution in [3.8, 4) is 0 Å². The number of rotatable bonds is 5. The van der Waals surface area contributed by atoms with E-state index in [-0.39, 0.29) is 0 Å². The van der Waals surface area contributed by atoms with Gasteiger partial charge in [0.2, 0.25) is 0 Å². The van der Waals surface area contributed by atoms with Crippen LogP contribution in [0.1, 0.15) is 29.7 Å². The van der Waals surface area contributed by atoms with Crippen molar-refractivity contribution in [2.24, 2.45) is 0 Å². The van der Waals surface area contributed by atoms with Crippen molar-refractivity contribution >= 4 is 0 Å². The zero-order valence-electron chi connectivity index (χ0n) is 11.4. The predicted octanol–water partition coefficient (Wildman–Crippen LogP) is 2.85. The van der Waals surface area contributed by atoms with Gasteiger partial charge in [0.05, 0.1) is 12.6 Å². The van der Waals surface area contributed by atoms with E-state index >= 15 is 0 Å². The highest BCUT2D eigenvalue weighted by Crippen LogP contribution is 2.18. The molecule has 0 fully saturated rings. The maximum Gasteiger partial charge on any atom is 0.0604 e. The molecule has 0 aliphatic heterocycles. The molecular formula is C15H21N3. The molecule has 1 N–H and O–H groups in total. The van der Waals surface area contributed by atoms with Crippen LogP contribution in [0.4, 0.5) is 0 Å². The van der Waals surface area contributed by atoms with Gasteiger partial charge in [-0.1, -0.05) is 25.1 Å². The second kappa shape index (κ2) is 5.83. The van der Waals surface area contributed by atoms with Gasteiger partial charge in [0.1, 0.15) is 0 Å². The number of benzene rings is 1. The Balaban J connectivity index is 2.20. The average molecular weight is 243 g/mol. The van der Waals surface area contributed by atoms with Crippen LogP contribution >= 0.6 is 0 Å². The largest absolute Gasteiger partial charge is 0.309 e. The summed E-state index contributed by atoms with van der Waals surface area (Å²) in [5.74, 6) is 0. The average Bonchev–Trinajstić information content (AvgIpc) is 2.85. The summed E-state index contributed by atoms with van der Waals surface area (Å²) >= 11 is 0. The highest BCUT2D eigenvalue weighted by molar-refractivity contribution is 5.31. The Hall–Kier alpha value is -1.61. The molecule has 0 saturated heterocycles. The van der Waals surface area contributed by atoms with Crippen LogP contribution < -0.4 is 5.32 Å². The third-order valence-corrected chi connectivity index (χ3v) is 3.31. The normalized spacial score (nSPS) is 12.6. The third-order valence-electron chi connectivity index (χ3n) is 3.31. The van der Waals surface area contributed by atoms with E-state index in [9.17, 15) is 0 Å². The lowest BCUT2D eigenvalue weighted by molar-refractivity contribution is 0.448. The van der Waals surface area contributed by atoms with Gasteiger partial charge in [0.15, 0.2) is 0 Å². The van der Waals surface area contributed by atoms with Gasteiger partial charge in [-0.3, -0.25) is 4.68 Å². The van der Waals surface area contributed by atoms with Crippen LogP contribution in [-0.2, 0) is 6.54 Å². The fraction of sp³-hybridized carbons (Fsp3) is 0.400. The Morgan fingerprint density at radius 1 is 1.28 bits per heavy atom. The van der Waals surface area contributed by atoms with Gasteiger partial charge in [-0.2, -0.15) is 5.10 Å². The smallest absolute Gasteiger partial charge is 0.0604 e. The summed E-state index contributed by atoms with van der Waals surface area (Å²) in [7, 11) is 0. The SMILES string of the molecule is CCNC(Cn1cccn1)c1ccc(C)c(C)c1. The van der Waals surface area contributed by atoms with Gasteiger partial charge >= 0.3 is 0 Å². The number of nitrogens with one attached hydrogen (secondary N) is 1. The molecule has 1 aromatic heterocycles. The number of likely N-dealkylation sites (N-methyl/N-ethyl adjacent to an activating group) is 1. The molecule has 0 saturated carbocycles. The number of hydrogen-bond donors (Lipinski definition) is 1. The van der Waals surface area contributed by atoms with Crippen LogP contribution in [0.25, 0.3) is 0 Å². The van der Waals surface area contributed by atoms with Crippen molar-refractivity contribution in [3.05, 3.63) is 53.3 Å². The van der Waals surface area contributed by atoms with Crippen LogP contribution in [0, 0.1) is 13.8 Å². The van der Waals surface area contributed by atoms with Gasteiger partial charge in [0, 0.05) is 12.4 Å². The van der Waals surface area contributed by atoms with Crippen molar-refractivity contribution in [1.29, 1.82) is 0 Å². The second-order valence-corrected chi connectivity index (χ2v) is 4.68. The number of hydrogen-bond acceptors (Lipinski definition) is 2. The molecule has 1 heterocycles. The first-order chi connectivity index (χ1) is 8.70. The van der Waals surface area contributed by atoms with Gasteiger partial charge in [-0.25, -0.2) is 0 Å². The predicted molar refractivity (Wildman–Crippen MR) is 74.6 cm³/mol. The fourth-order valence-electron chi connectivity index (χ4n) is 2.11. The molecule has 0 spiro atoms. The third kappa shape index (κ3) is 2.99. The van der Waals surface area contributed by atoms with Crippen molar-refractivity contribution < 1.29 is 0 Å². The van der Waals surface area contributed by atoms with Crippen molar-refractivity contribution in [3.63, 3.8) is 0 Å². The highest BCUT2D eigenvalue weighted by Gasteiger charge is 2.11. The maximum absolute atomic E-state index is 4.28. The maximum atomic E-state index is 4.28. The Kier molecular flexibility index (Phi) is 4.15. The molecule has 1 atom stereocenters. The molecule has 3 nitrogen and oxygen atoms in total. The first-order valence-electron chi connectivity index (χ1n) is 6.48. The Morgan fingerprint density at radius 2 is 2.11 bits per heavy atom. The molecule has 0 aliphatic rings. The first-order valence-corrected chi connectivity index (χ1v) is 6.48. The molecule has 1 aromatic carbocycles. The lowest BCUT2D eigenvalue weighted by Gasteiger charge is -2.19. The topological polar surface area (TPSA) is 29.9 Å². The molecule has 18 heavy (non-hydrogen) atoms. The molecular weight excluding hydrogens is 222 g/mol. The van der Waals surface area contributed by atoms with E-state index in [1.54, 1.807) is 0 Å². The Labute approximate surface area is 109 Å². The minimum absolute atomic E-state index is 0.314. The highest BCUT2D eigenvalue weighted by atomic mass is 15.3. The number of nitrogens with zero attached hydrogens (tertiary/aromatic N) is 2. The minimum Gasteiger partial charge on any atom is -0.309 e. The molecule has 3 heteroatoms. The Morgan fingerprint density at radius 3 is 2.72 bits per heavy atom. The van der Waals surface area contributed by atoms with Crippen LogP contribution in [0.2, 0.25) is 0 Å². The lowest BCUT2D eigenvalue weighted by atomic mass is 10.0. The molecule has 2 aromatic rings. The van der Waals surface area contributed by atoms with Crippen molar-refractivity contribution in [2.75, 3.05) is 6.54 Å². The molecule has 0 radical (unpaired) electrons. The summed E-state index contributed by atoms with van der Waals surface area (Å²) in [4.78, 5) is 0. The van der Waals surface area contributed by atoms with E-state index < -0.39 is 0 Å². The number of aryl methyl sites for hydroxylation is 2. The van der Waals surface area contributed by atoms with E-state index in [1.807, 2.05) is 23.1 Å². The molecule has 0 bridgehead atoms. The van der Waals surface area contributed by atoms with E-state index in [4.69, 9.17) is 0 Å². The lowest BCUT2D eigenvalue weighted by Crippen LogP contribution is -2.25. The van der Waals surface area contributed by atoms with Crippen LogP contribution in [0.3, 0.4) is 0 Å². The summed E-state index contributed by atoms with van der Waals surface area (Å²) in [6.45, 7) is 8.27. The summed E-state index contributed by atoms with van der Waals surface area (Å²) in [6, 6.07) is 8.95. The summed E-state index contributed by atoms with van der Waals surface area (Å²) < 4.78 is 1.97. The van der Waals surface area contributed by atoms with Gasteiger partial charge in [-0.15, -0.1) is 0 Å². The van der Waals surface area contributed by atoms with E-state index in [1.165, 1.54) is 16.7 Å². The standard InChI is InChI=1S/C15H21N3/c1-4-16-15(11-18-9-5-8-17-18)14-7-6-12(2)13(3)10-14/h5-10,15-16H,4,11H2,1-3H3. The monoisotopic (exact) mass is 243 g/mol. The van der Waals surface area contributed by atoms with Crippen molar-refractivity contribution in [1.82, 2.24) is 15.1 Å². The van der Waals surface area contributed by atoms with Crippen LogP contribution in [-0.4, -0.2) is 16.3 Å². The van der Waals surface area contributed by atoms with E-state index in [0.29, 0.717) is 6.04 Å². The molecule has 0 aliphatic carbocycles. The molecule has 96 valence electrons. The second-order valence-electron chi connectivity index (χ2n) is 4.68. The summed E-state index contributed by atoms with van der Waals surface area (Å²) in [5.41, 5.74) is 4.01. The van der Waals surface area contributed by atoms with Crippen LogP contribution in [0.5, 0.6) is 0 Å². The summed E-state index contributed by atoms with van der Waals surface area (Å²) in [5, 5.41) is 7.80. The van der Waals surface area contributed by atoms with E-state index in [2.05, 4.69) is 49.4 Å². The quantitative estimate of drug-likeness (QED) is 0.875. The van der Waals surface area contributed by atoms with Gasteiger partial charge in [0.25, 0.3) is 0 Å². The van der Waals surface area contributed by atoms with Crippen molar-refractivity contribution in [2.45, 2.75) is 33.4 Å². The first kappa shape index (κ1) is 12.8. The zero-order chi connectivity index (χ0) is 13.0. The molecule has 0 amide bonds. The fourth-order valence-corrected chi connectivity index (χ4v) is 2.11. The zero-order valence-corrected chi connectivity index (χ0v) is 11.4. The van der Waals surface area contributed by atoms with E-state index in [0.717, 1.165) is 13.1 Å². The Bertz CT molecular complexity index is 488. The van der Waals surface area contributed by atoms with Gasteiger partial charge in [-0.05, 0) is 43.1 Å². The number of aromatic nitrogens is 2. The minimum atomic E-state index is 0.314. The van der Waals surface area contributed by atoms with Gasteiger partial charge < -0.3 is 5.32 Å². The van der Waals surface area contributed by atoms with Crippen LogP contribution in [0.15, 0.2) is 36.7 Å². The summed E-state index contributed by atoms with van der Waals surface area (Å²) in [6.07, 6.45) is 3.83. The molecule has 1 unspecified atom stereocenters. The molecule has 2 rings (SSSR count).